The lowest BCUT2D eigenvalue weighted by Crippen LogP contribution is -2.11. The average Bonchev–Trinajstić information content (AvgIpc) is 3.01. The van der Waals surface area contributed by atoms with Gasteiger partial charge in [-0.3, -0.25) is 0 Å². The van der Waals surface area contributed by atoms with Crippen LogP contribution in [0.3, 0.4) is 0 Å². The lowest BCUT2D eigenvalue weighted by atomic mass is 10.2. The molecule has 0 unspecified atom stereocenters. The second-order valence-electron chi connectivity index (χ2n) is 4.15. The van der Waals surface area contributed by atoms with Crippen molar-refractivity contribution in [1.82, 2.24) is 4.98 Å². The zero-order valence-corrected chi connectivity index (χ0v) is 11.0. The van der Waals surface area contributed by atoms with E-state index in [0.717, 1.165) is 4.70 Å². The summed E-state index contributed by atoms with van der Waals surface area (Å²) in [6, 6.07) is 7.03. The van der Waals surface area contributed by atoms with Crippen molar-refractivity contribution in [3.8, 4) is 11.5 Å². The van der Waals surface area contributed by atoms with Gasteiger partial charge in [0.25, 0.3) is 0 Å². The summed E-state index contributed by atoms with van der Waals surface area (Å²) >= 11 is 1.31. The van der Waals surface area contributed by atoms with E-state index in [1.807, 2.05) is 0 Å². The molecular weight excluding hydrogens is 307 g/mol. The Bertz CT molecular complexity index is 835. The Morgan fingerprint density at radius 3 is 2.62 bits per heavy atom. The Kier molecular flexibility index (Phi) is 2.98. The molecule has 0 atom stereocenters. The third-order valence-electron chi connectivity index (χ3n) is 2.80. The molecule has 0 aliphatic heterocycles. The fourth-order valence-electron chi connectivity index (χ4n) is 1.92. The molecule has 0 aliphatic rings. The third kappa shape index (κ3) is 2.27. The number of nitrogens with zero attached hydrogens (tertiary/aromatic N) is 1. The summed E-state index contributed by atoms with van der Waals surface area (Å²) in [5.74, 6) is -3.36. The van der Waals surface area contributed by atoms with Crippen LogP contribution in [0.1, 0.15) is 16.2 Å². The fraction of sp³-hybridized carbons (Fsp3) is 0.0769. The number of benzene rings is 1. The van der Waals surface area contributed by atoms with Gasteiger partial charge < -0.3 is 9.52 Å². The van der Waals surface area contributed by atoms with Crippen LogP contribution in [0.25, 0.3) is 21.5 Å². The number of carbonyl (C=O) groups is 1. The van der Waals surface area contributed by atoms with E-state index in [4.69, 9.17) is 9.52 Å². The number of hydrogen-bond acceptors (Lipinski definition) is 4. The van der Waals surface area contributed by atoms with Gasteiger partial charge in [0.15, 0.2) is 5.69 Å². The number of rotatable bonds is 2. The van der Waals surface area contributed by atoms with Gasteiger partial charge in [-0.15, -0.1) is 11.3 Å². The molecule has 2 heterocycles. The molecular formula is C13H6F3NO3S. The summed E-state index contributed by atoms with van der Waals surface area (Å²) in [7, 11) is 0. The smallest absolute Gasteiger partial charge is 0.437 e. The molecule has 4 nitrogen and oxygen atoms in total. The normalized spacial score (nSPS) is 12.0. The van der Waals surface area contributed by atoms with E-state index in [1.54, 1.807) is 29.6 Å². The molecule has 108 valence electrons. The van der Waals surface area contributed by atoms with Gasteiger partial charge in [0, 0.05) is 15.5 Å². The molecule has 0 amide bonds. The van der Waals surface area contributed by atoms with Gasteiger partial charge in [-0.25, -0.2) is 9.78 Å². The Labute approximate surface area is 119 Å². The number of carboxylic acid groups (broad SMARTS) is 1. The van der Waals surface area contributed by atoms with Crippen LogP contribution < -0.4 is 0 Å². The molecule has 8 heteroatoms. The van der Waals surface area contributed by atoms with E-state index in [0.29, 0.717) is 10.9 Å². The van der Waals surface area contributed by atoms with Gasteiger partial charge in [-0.1, -0.05) is 18.2 Å². The summed E-state index contributed by atoms with van der Waals surface area (Å²) in [5.41, 5.74) is -1.19. The van der Waals surface area contributed by atoms with Crippen molar-refractivity contribution < 1.29 is 27.5 Å². The van der Waals surface area contributed by atoms with Crippen LogP contribution in [0.4, 0.5) is 13.2 Å². The Balaban J connectivity index is 2.22. The predicted octanol–water partition coefficient (Wildman–Crippen LogP) is 4.27. The summed E-state index contributed by atoms with van der Waals surface area (Å²) in [6.45, 7) is 0. The average molecular weight is 313 g/mol. The van der Waals surface area contributed by atoms with Crippen molar-refractivity contribution in [2.75, 3.05) is 0 Å². The monoisotopic (exact) mass is 313 g/mol. The zero-order chi connectivity index (χ0) is 15.2. The summed E-state index contributed by atoms with van der Waals surface area (Å²) in [6.07, 6.45) is -4.89. The SMILES string of the molecule is O=C(O)c1oc(-c2csc3ccccc23)nc1C(F)(F)F. The first kappa shape index (κ1) is 13.6. The van der Waals surface area contributed by atoms with Crippen molar-refractivity contribution >= 4 is 27.4 Å². The first-order valence-electron chi connectivity index (χ1n) is 5.66. The molecule has 3 rings (SSSR count). The van der Waals surface area contributed by atoms with Gasteiger partial charge in [-0.05, 0) is 6.07 Å². The van der Waals surface area contributed by atoms with Crippen molar-refractivity contribution in [3.63, 3.8) is 0 Å². The number of oxazole rings is 1. The molecule has 0 aliphatic carbocycles. The molecule has 0 spiro atoms. The highest BCUT2D eigenvalue weighted by Gasteiger charge is 2.41. The van der Waals surface area contributed by atoms with Crippen molar-refractivity contribution in [3.05, 3.63) is 41.1 Å². The maximum atomic E-state index is 12.8. The summed E-state index contributed by atoms with van der Waals surface area (Å²) in [4.78, 5) is 14.2. The fourth-order valence-corrected chi connectivity index (χ4v) is 2.85. The highest BCUT2D eigenvalue weighted by Crippen LogP contribution is 2.38. The van der Waals surface area contributed by atoms with E-state index in [2.05, 4.69) is 4.98 Å². The lowest BCUT2D eigenvalue weighted by Gasteiger charge is -2.00. The van der Waals surface area contributed by atoms with Crippen molar-refractivity contribution in [1.29, 1.82) is 0 Å². The molecule has 3 aromatic rings. The molecule has 1 N–H and O–H groups in total. The van der Waals surface area contributed by atoms with Gasteiger partial charge in [0.05, 0.1) is 5.56 Å². The van der Waals surface area contributed by atoms with Crippen molar-refractivity contribution in [2.45, 2.75) is 6.18 Å². The minimum absolute atomic E-state index is 0.341. The number of halogens is 3. The first-order valence-corrected chi connectivity index (χ1v) is 6.54. The van der Waals surface area contributed by atoms with E-state index < -0.39 is 23.6 Å². The molecule has 0 saturated carbocycles. The number of aromatic carboxylic acids is 1. The van der Waals surface area contributed by atoms with Crippen LogP contribution in [0.15, 0.2) is 34.1 Å². The Morgan fingerprint density at radius 2 is 2.00 bits per heavy atom. The standard InChI is InChI=1S/C13H6F3NO3S/c14-13(15,16)10-9(12(18)19)20-11(17-10)7-5-21-8-4-2-1-3-6(7)8/h1-5H,(H,18,19). The molecule has 0 radical (unpaired) electrons. The molecule has 0 bridgehead atoms. The minimum Gasteiger partial charge on any atom is -0.475 e. The van der Waals surface area contributed by atoms with Crippen LogP contribution in [0.5, 0.6) is 0 Å². The maximum absolute atomic E-state index is 12.8. The highest BCUT2D eigenvalue weighted by atomic mass is 32.1. The van der Waals surface area contributed by atoms with Crippen molar-refractivity contribution in [2.24, 2.45) is 0 Å². The number of carboxylic acids is 1. The molecule has 2 aromatic heterocycles. The predicted molar refractivity (Wildman–Crippen MR) is 69.3 cm³/mol. The maximum Gasteiger partial charge on any atom is 0.437 e. The topological polar surface area (TPSA) is 63.3 Å². The second kappa shape index (κ2) is 4.59. The van der Waals surface area contributed by atoms with E-state index in [9.17, 15) is 18.0 Å². The van der Waals surface area contributed by atoms with Gasteiger partial charge >= 0.3 is 12.1 Å². The molecule has 21 heavy (non-hydrogen) atoms. The van der Waals surface area contributed by atoms with Crippen LogP contribution in [-0.2, 0) is 6.18 Å². The van der Waals surface area contributed by atoms with Gasteiger partial charge in [0.2, 0.25) is 11.7 Å². The number of alkyl halides is 3. The quantitative estimate of drug-likeness (QED) is 0.767. The molecule has 1 aromatic carbocycles. The molecule has 0 fully saturated rings. The van der Waals surface area contributed by atoms with E-state index in [1.165, 1.54) is 11.3 Å². The number of thiophene rings is 1. The lowest BCUT2D eigenvalue weighted by molar-refractivity contribution is -0.141. The highest BCUT2D eigenvalue weighted by molar-refractivity contribution is 7.17. The van der Waals surface area contributed by atoms with Crippen LogP contribution in [-0.4, -0.2) is 16.1 Å². The second-order valence-corrected chi connectivity index (χ2v) is 5.06. The first-order chi connectivity index (χ1) is 9.88. The van der Waals surface area contributed by atoms with Crippen LogP contribution in [0, 0.1) is 0 Å². The van der Waals surface area contributed by atoms with Crippen LogP contribution >= 0.6 is 11.3 Å². The largest absolute Gasteiger partial charge is 0.475 e. The van der Waals surface area contributed by atoms with Gasteiger partial charge in [0.1, 0.15) is 0 Å². The number of aromatic nitrogens is 1. The van der Waals surface area contributed by atoms with E-state index in [-0.39, 0.29) is 5.89 Å². The Morgan fingerprint density at radius 1 is 1.29 bits per heavy atom. The number of fused-ring (bicyclic) bond motifs is 1. The summed E-state index contributed by atoms with van der Waals surface area (Å²) in [5, 5.41) is 11.1. The summed E-state index contributed by atoms with van der Waals surface area (Å²) < 4.78 is 44.1. The zero-order valence-electron chi connectivity index (χ0n) is 10.1. The molecule has 0 saturated heterocycles. The minimum atomic E-state index is -4.89. The Hall–Kier alpha value is -2.35. The van der Waals surface area contributed by atoms with Crippen LogP contribution in [0.2, 0.25) is 0 Å². The number of hydrogen-bond donors (Lipinski definition) is 1. The van der Waals surface area contributed by atoms with Gasteiger partial charge in [-0.2, -0.15) is 13.2 Å². The van der Waals surface area contributed by atoms with E-state index >= 15 is 0 Å². The third-order valence-corrected chi connectivity index (χ3v) is 3.76.